The first-order valence-electron chi connectivity index (χ1n) is 7.06. The lowest BCUT2D eigenvalue weighted by molar-refractivity contribution is -0.149. The van der Waals surface area contributed by atoms with Crippen LogP contribution in [0.4, 0.5) is 0 Å². The summed E-state index contributed by atoms with van der Waals surface area (Å²) in [5, 5.41) is 12.0. The zero-order valence-corrected chi connectivity index (χ0v) is 15.1. The van der Waals surface area contributed by atoms with Crippen molar-refractivity contribution in [2.24, 2.45) is 0 Å². The number of nitrogens with one attached hydrogen (secondary N) is 1. The number of β-lactam (4-membered cyclic amide) rings is 1. The highest BCUT2D eigenvalue weighted by Crippen LogP contribution is 2.40. The van der Waals surface area contributed by atoms with Gasteiger partial charge in [0.25, 0.3) is 11.8 Å². The Bertz CT molecular complexity index is 813. The number of carbonyl (C=O) groups excluding carboxylic acids is 2. The van der Waals surface area contributed by atoms with Gasteiger partial charge in [-0.1, -0.05) is 23.2 Å². The van der Waals surface area contributed by atoms with Crippen molar-refractivity contribution in [2.75, 3.05) is 12.9 Å². The number of aliphatic carboxylic acids is 1. The van der Waals surface area contributed by atoms with Crippen LogP contribution in [-0.4, -0.2) is 52.1 Å². The SMILES string of the molecule is COC1=C(C(=O)O)N2C(=O)C(NC(=O)c3ccc(Cl)c(Cl)c3)[C@H]2SC1. The molecular formula is C15H12Cl2N2O5S. The molecule has 2 aliphatic rings. The average Bonchev–Trinajstić information content (AvgIpc) is 2.60. The third-order valence-electron chi connectivity index (χ3n) is 3.85. The average molecular weight is 403 g/mol. The topological polar surface area (TPSA) is 95.9 Å². The van der Waals surface area contributed by atoms with Gasteiger partial charge >= 0.3 is 5.97 Å². The Kier molecular flexibility index (Phi) is 4.86. The molecule has 25 heavy (non-hydrogen) atoms. The van der Waals surface area contributed by atoms with Crippen molar-refractivity contribution in [3.05, 3.63) is 45.3 Å². The second kappa shape index (κ2) is 6.78. The first-order valence-corrected chi connectivity index (χ1v) is 8.86. The quantitative estimate of drug-likeness (QED) is 0.747. The van der Waals surface area contributed by atoms with E-state index in [0.29, 0.717) is 10.8 Å². The van der Waals surface area contributed by atoms with Crippen LogP contribution in [-0.2, 0) is 14.3 Å². The molecule has 2 amide bonds. The number of carboxylic acids is 1. The monoisotopic (exact) mass is 402 g/mol. The molecule has 2 atom stereocenters. The number of hydrogen-bond acceptors (Lipinski definition) is 5. The molecule has 3 rings (SSSR count). The molecule has 7 nitrogen and oxygen atoms in total. The summed E-state index contributed by atoms with van der Waals surface area (Å²) < 4.78 is 5.05. The maximum absolute atomic E-state index is 12.4. The van der Waals surface area contributed by atoms with E-state index in [2.05, 4.69) is 5.32 Å². The number of hydrogen-bond donors (Lipinski definition) is 2. The molecule has 0 saturated carbocycles. The molecule has 2 N–H and O–H groups in total. The zero-order valence-electron chi connectivity index (χ0n) is 12.8. The number of carboxylic acid groups (broad SMARTS) is 1. The molecule has 1 aromatic rings. The second-order valence-corrected chi connectivity index (χ2v) is 7.19. The summed E-state index contributed by atoms with van der Waals surface area (Å²) in [5.74, 6) is -1.72. The highest BCUT2D eigenvalue weighted by Gasteiger charge is 2.54. The number of rotatable bonds is 4. The Balaban J connectivity index is 1.77. The van der Waals surface area contributed by atoms with Crippen molar-refractivity contribution in [3.63, 3.8) is 0 Å². The smallest absolute Gasteiger partial charge is 0.356 e. The number of nitrogens with zero attached hydrogens (tertiary/aromatic N) is 1. The Hall–Kier alpha value is -1.90. The first kappa shape index (κ1) is 17.9. The highest BCUT2D eigenvalue weighted by molar-refractivity contribution is 8.00. The van der Waals surface area contributed by atoms with E-state index < -0.39 is 29.2 Å². The standard InChI is InChI=1S/C15H12Cl2N2O5S/c1-24-9-5-25-14-10(13(21)19(14)11(9)15(22)23)18-12(20)6-2-3-7(16)8(17)4-6/h2-4,10,14H,5H2,1H3,(H,18,20)(H,22,23)/t10?,14-/m1/s1. The van der Waals surface area contributed by atoms with Crippen LogP contribution in [0, 0.1) is 0 Å². The van der Waals surface area contributed by atoms with E-state index in [4.69, 9.17) is 27.9 Å². The van der Waals surface area contributed by atoms with Crippen LogP contribution in [0.5, 0.6) is 0 Å². The van der Waals surface area contributed by atoms with Crippen LogP contribution in [0.2, 0.25) is 10.0 Å². The molecular weight excluding hydrogens is 391 g/mol. The van der Waals surface area contributed by atoms with Gasteiger partial charge in [0, 0.05) is 5.56 Å². The van der Waals surface area contributed by atoms with E-state index >= 15 is 0 Å². The molecule has 0 radical (unpaired) electrons. The van der Waals surface area contributed by atoms with Gasteiger partial charge in [0.15, 0.2) is 5.70 Å². The lowest BCUT2D eigenvalue weighted by Gasteiger charge is -2.48. The molecule has 1 aromatic carbocycles. The summed E-state index contributed by atoms with van der Waals surface area (Å²) in [4.78, 5) is 37.2. The minimum Gasteiger partial charge on any atom is -0.498 e. The van der Waals surface area contributed by atoms with Crippen LogP contribution in [0.1, 0.15) is 10.4 Å². The summed E-state index contributed by atoms with van der Waals surface area (Å²) in [6.07, 6.45) is 0. The van der Waals surface area contributed by atoms with Gasteiger partial charge in [0.2, 0.25) is 0 Å². The maximum atomic E-state index is 12.4. The normalized spacial score (nSPS) is 22.2. The molecule has 0 aromatic heterocycles. The van der Waals surface area contributed by atoms with Crippen molar-refractivity contribution in [1.82, 2.24) is 10.2 Å². The summed E-state index contributed by atoms with van der Waals surface area (Å²) in [5.41, 5.74) is 0.0735. The van der Waals surface area contributed by atoms with Crippen LogP contribution >= 0.6 is 35.0 Å². The Morgan fingerprint density at radius 2 is 2.08 bits per heavy atom. The number of thioether (sulfide) groups is 1. The number of amides is 2. The predicted molar refractivity (Wildman–Crippen MR) is 92.5 cm³/mol. The predicted octanol–water partition coefficient (Wildman–Crippen LogP) is 1.95. The Morgan fingerprint density at radius 3 is 2.68 bits per heavy atom. The number of methoxy groups -OCH3 is 1. The summed E-state index contributed by atoms with van der Waals surface area (Å²) in [7, 11) is 1.35. The minimum absolute atomic E-state index is 0.184. The van der Waals surface area contributed by atoms with Crippen LogP contribution in [0.15, 0.2) is 29.7 Å². The summed E-state index contributed by atoms with van der Waals surface area (Å²) in [6.45, 7) is 0. The number of carbonyl (C=O) groups is 3. The third-order valence-corrected chi connectivity index (χ3v) is 5.84. The number of ether oxygens (including phenoxy) is 1. The molecule has 2 heterocycles. The van der Waals surface area contributed by atoms with Crippen molar-refractivity contribution in [1.29, 1.82) is 0 Å². The zero-order chi connectivity index (χ0) is 18.3. The molecule has 0 spiro atoms. The molecule has 1 unspecified atom stereocenters. The van der Waals surface area contributed by atoms with Crippen molar-refractivity contribution >= 4 is 52.7 Å². The fourth-order valence-electron chi connectivity index (χ4n) is 2.61. The first-order chi connectivity index (χ1) is 11.8. The molecule has 132 valence electrons. The van der Waals surface area contributed by atoms with Gasteiger partial charge in [0.05, 0.1) is 22.9 Å². The van der Waals surface area contributed by atoms with Crippen LogP contribution in [0.25, 0.3) is 0 Å². The van der Waals surface area contributed by atoms with Gasteiger partial charge in [-0.05, 0) is 18.2 Å². The number of halogens is 2. The van der Waals surface area contributed by atoms with E-state index in [1.54, 1.807) is 0 Å². The van der Waals surface area contributed by atoms with Crippen molar-refractivity contribution < 1.29 is 24.2 Å². The van der Waals surface area contributed by atoms with Gasteiger partial charge in [-0.15, -0.1) is 11.8 Å². The molecule has 1 saturated heterocycles. The minimum atomic E-state index is -1.25. The lowest BCUT2D eigenvalue weighted by atomic mass is 10.0. The van der Waals surface area contributed by atoms with E-state index in [1.807, 2.05) is 0 Å². The van der Waals surface area contributed by atoms with Crippen LogP contribution in [0.3, 0.4) is 0 Å². The lowest BCUT2D eigenvalue weighted by Crippen LogP contribution is -2.70. The van der Waals surface area contributed by atoms with E-state index in [-0.39, 0.29) is 22.0 Å². The second-order valence-electron chi connectivity index (χ2n) is 5.27. The van der Waals surface area contributed by atoms with Gasteiger partial charge in [-0.2, -0.15) is 0 Å². The number of benzene rings is 1. The fraction of sp³-hybridized carbons (Fsp3) is 0.267. The van der Waals surface area contributed by atoms with Gasteiger partial charge < -0.3 is 15.2 Å². The molecule has 2 aliphatic heterocycles. The maximum Gasteiger partial charge on any atom is 0.356 e. The van der Waals surface area contributed by atoms with E-state index in [0.717, 1.165) is 4.90 Å². The third kappa shape index (κ3) is 3.05. The molecule has 0 aliphatic carbocycles. The fourth-order valence-corrected chi connectivity index (χ4v) is 4.22. The van der Waals surface area contributed by atoms with Gasteiger partial charge in [-0.3, -0.25) is 14.5 Å². The Morgan fingerprint density at radius 1 is 1.36 bits per heavy atom. The van der Waals surface area contributed by atoms with E-state index in [1.165, 1.54) is 37.1 Å². The van der Waals surface area contributed by atoms with Gasteiger partial charge in [-0.25, -0.2) is 4.79 Å². The van der Waals surface area contributed by atoms with E-state index in [9.17, 15) is 19.5 Å². The Labute approximate surface area is 156 Å². The highest BCUT2D eigenvalue weighted by atomic mass is 35.5. The molecule has 0 bridgehead atoms. The van der Waals surface area contributed by atoms with Crippen molar-refractivity contribution in [2.45, 2.75) is 11.4 Å². The molecule has 10 heteroatoms. The molecule has 1 fully saturated rings. The van der Waals surface area contributed by atoms with Crippen LogP contribution < -0.4 is 5.32 Å². The van der Waals surface area contributed by atoms with Gasteiger partial charge in [0.1, 0.15) is 17.2 Å². The largest absolute Gasteiger partial charge is 0.498 e. The number of fused-ring (bicyclic) bond motifs is 1. The van der Waals surface area contributed by atoms with Crippen molar-refractivity contribution in [3.8, 4) is 0 Å². The summed E-state index contributed by atoms with van der Waals surface area (Å²) in [6, 6.07) is 3.56. The summed E-state index contributed by atoms with van der Waals surface area (Å²) >= 11 is 13.0.